The first-order valence-corrected chi connectivity index (χ1v) is 38.4. The normalized spacial score (nSPS) is 24.9. The van der Waals surface area contributed by atoms with E-state index in [-0.39, 0.29) is 24.3 Å². The molecule has 3 aromatic heterocycles. The van der Waals surface area contributed by atoms with Gasteiger partial charge in [-0.15, -0.1) is 0 Å². The van der Waals surface area contributed by atoms with Crippen LogP contribution >= 0.6 is 0 Å². The molecule has 6 fully saturated rings. The summed E-state index contributed by atoms with van der Waals surface area (Å²) in [5, 5.41) is 2.12. The van der Waals surface area contributed by atoms with E-state index in [1.54, 1.807) is 72.8 Å². The number of ether oxygens (including phenoxy) is 8. The second kappa shape index (κ2) is 31.0. The van der Waals surface area contributed by atoms with Crippen LogP contribution < -0.4 is 0 Å². The maximum Gasteiger partial charge on any atom is 0.200 e. The highest BCUT2D eigenvalue weighted by Gasteiger charge is 2.66. The first-order chi connectivity index (χ1) is 59.3. The maximum atomic E-state index is 18.1. The van der Waals surface area contributed by atoms with E-state index in [1.807, 2.05) is 0 Å². The molecule has 0 unspecified atom stereocenters. The number of aromatic amines is 2. The summed E-state index contributed by atoms with van der Waals surface area (Å²) in [5.74, 6) is -62.4. The van der Waals surface area contributed by atoms with Crippen LogP contribution in [0.25, 0.3) is 66.6 Å². The van der Waals surface area contributed by atoms with Gasteiger partial charge < -0.3 is 47.9 Å². The van der Waals surface area contributed by atoms with Crippen molar-refractivity contribution in [1.29, 1.82) is 0 Å². The van der Waals surface area contributed by atoms with E-state index in [0.29, 0.717) is 35.4 Å². The molecule has 642 valence electrons. The number of rotatable bonds is 16. The van der Waals surface area contributed by atoms with Crippen molar-refractivity contribution in [3.63, 3.8) is 0 Å². The highest BCUT2D eigenvalue weighted by atomic mass is 19.2. The van der Waals surface area contributed by atoms with Crippen LogP contribution in [0.3, 0.4) is 0 Å². The third-order valence-corrected chi connectivity index (χ3v) is 23.2. The van der Waals surface area contributed by atoms with E-state index >= 15 is 87.8 Å². The van der Waals surface area contributed by atoms with Gasteiger partial charge in [-0.25, -0.2) is 87.8 Å². The second-order valence-corrected chi connectivity index (χ2v) is 31.5. The molecular formula is C88H60F20N6O10. The van der Waals surface area contributed by atoms with E-state index in [9.17, 15) is 0 Å². The average Bonchev–Trinajstić information content (AvgIpc) is 1.54. The third-order valence-electron chi connectivity index (χ3n) is 23.2. The van der Waals surface area contributed by atoms with Gasteiger partial charge in [-0.3, -0.25) is 19.6 Å². The van der Waals surface area contributed by atoms with Crippen molar-refractivity contribution in [3.8, 4) is 44.5 Å². The van der Waals surface area contributed by atoms with Gasteiger partial charge in [0.25, 0.3) is 0 Å². The van der Waals surface area contributed by atoms with Gasteiger partial charge in [0.05, 0.1) is 82.2 Å². The molecule has 0 aliphatic carbocycles. The predicted molar refractivity (Wildman–Crippen MR) is 394 cm³/mol. The number of hydroxylamine groups is 4. The summed E-state index contributed by atoms with van der Waals surface area (Å²) in [6, 6.07) is 30.7. The zero-order valence-electron chi connectivity index (χ0n) is 64.2. The van der Waals surface area contributed by atoms with E-state index in [0.717, 1.165) is 10.1 Å². The Bertz CT molecular complexity index is 5870. The summed E-state index contributed by atoms with van der Waals surface area (Å²) in [5.41, 5.74) is -21.3. The van der Waals surface area contributed by atoms with Crippen molar-refractivity contribution in [1.82, 2.24) is 30.1 Å². The van der Waals surface area contributed by atoms with Crippen molar-refractivity contribution < 1.29 is 135 Å². The van der Waals surface area contributed by atoms with Crippen molar-refractivity contribution in [2.75, 3.05) is 0 Å². The van der Waals surface area contributed by atoms with Crippen LogP contribution in [-0.4, -0.2) is 103 Å². The zero-order valence-corrected chi connectivity index (χ0v) is 64.2. The smallest absolute Gasteiger partial charge is 0.200 e. The Morgan fingerprint density at radius 1 is 0.298 bits per heavy atom. The zero-order chi connectivity index (χ0) is 87.0. The number of benzene rings is 8. The molecule has 8 bridgehead atoms. The van der Waals surface area contributed by atoms with Gasteiger partial charge in [-0.05, 0) is 74.2 Å². The van der Waals surface area contributed by atoms with Gasteiger partial charge in [0.15, 0.2) is 117 Å². The average molecular weight is 1740 g/mol. The number of hydrogen-bond donors (Lipinski definition) is 2. The van der Waals surface area contributed by atoms with Crippen molar-refractivity contribution in [2.24, 2.45) is 0 Å². The molecule has 0 amide bonds. The van der Waals surface area contributed by atoms with Crippen LogP contribution in [0.15, 0.2) is 146 Å². The molecule has 8 aromatic carbocycles. The predicted octanol–water partition coefficient (Wildman–Crippen LogP) is 20.0. The van der Waals surface area contributed by atoms with Gasteiger partial charge in [0, 0.05) is 57.4 Å². The monoisotopic (exact) mass is 1740 g/mol. The number of hydrogen-bond acceptors (Lipinski definition) is 14. The minimum atomic E-state index is -2.81. The molecule has 0 saturated carbocycles. The van der Waals surface area contributed by atoms with E-state index in [4.69, 9.17) is 57.5 Å². The SMILES string of the molecule is CC1(C)O[C@H]2O[C@H]([C@@H]3[C@H]4c5nc(c(-c6c(F)c(F)c(F)c(F)c6F)c6ccc([nH]6)c(-c6c(F)c(F)c(F)c(F)c6F)c6nc(c(-c7c(F)c(F)c(F)c(F)c7F)c7ccc([nH]7)c5-c5c(F)c(F)c(F)c(F)c5F)[C@H]5[C@H]([C@H]7O[C@@H]8OC(C)(C)O[C@@H]8[C@H]7OCc7ccccc7)N(Cc7ccccc7)O[C@@H]65)[C@H]4ON3Cc3ccccc3)[C@H](OCc3ccccc3)[C@H]2O1. The Hall–Kier alpha value is -11.0. The molecule has 2 N–H and O–H groups in total. The molecular weight excluding hydrogens is 1680 g/mol. The molecule has 0 spiro atoms. The lowest BCUT2D eigenvalue weighted by atomic mass is 9.82. The van der Waals surface area contributed by atoms with Crippen molar-refractivity contribution in [2.45, 2.75) is 151 Å². The van der Waals surface area contributed by atoms with E-state index < -0.39 is 316 Å². The lowest BCUT2D eigenvalue weighted by molar-refractivity contribution is -0.243. The van der Waals surface area contributed by atoms with Gasteiger partial charge in [-0.2, -0.15) is 10.1 Å². The summed E-state index contributed by atoms with van der Waals surface area (Å²) in [7, 11) is 0. The van der Waals surface area contributed by atoms with Crippen LogP contribution in [0.1, 0.15) is 96.8 Å². The Kier molecular flexibility index (Phi) is 20.6. The lowest BCUT2D eigenvalue weighted by Crippen LogP contribution is -2.49. The molecule has 8 aliphatic heterocycles. The van der Waals surface area contributed by atoms with Crippen molar-refractivity contribution in [3.05, 3.63) is 307 Å². The summed E-state index contributed by atoms with van der Waals surface area (Å²) in [4.78, 5) is 28.5. The Morgan fingerprint density at radius 2 is 0.548 bits per heavy atom. The number of H-pyrrole nitrogens is 2. The fraction of sp³-hybridized carbons (Fsp3) is 0.273. The fourth-order valence-corrected chi connectivity index (χ4v) is 18.0. The number of halogens is 20. The largest absolute Gasteiger partial charge is 0.368 e. The summed E-state index contributed by atoms with van der Waals surface area (Å²) in [6.07, 6.45) is -17.1. The lowest BCUT2D eigenvalue weighted by Gasteiger charge is -2.35. The molecule has 0 radical (unpaired) electrons. The van der Waals surface area contributed by atoms with E-state index in [2.05, 4.69) is 9.97 Å². The number of nitrogens with one attached hydrogen (secondary N) is 2. The van der Waals surface area contributed by atoms with Gasteiger partial charge in [-0.1, -0.05) is 121 Å². The Morgan fingerprint density at radius 3 is 0.823 bits per heavy atom. The number of nitrogens with zero attached hydrogens (tertiary/aromatic N) is 4. The highest BCUT2D eigenvalue weighted by Crippen LogP contribution is 2.61. The molecule has 8 aliphatic rings. The van der Waals surface area contributed by atoms with Crippen LogP contribution in [0.5, 0.6) is 0 Å². The molecule has 11 heterocycles. The topological polar surface area (TPSA) is 156 Å². The first kappa shape index (κ1) is 82.6. The molecule has 19 rings (SSSR count). The molecule has 6 saturated heterocycles. The molecule has 11 aromatic rings. The summed E-state index contributed by atoms with van der Waals surface area (Å²) in [6.45, 7) is 4.20. The minimum Gasteiger partial charge on any atom is -0.368 e. The Balaban J connectivity index is 1.01. The van der Waals surface area contributed by atoms with E-state index in [1.165, 1.54) is 76.2 Å². The fourth-order valence-electron chi connectivity index (χ4n) is 18.0. The molecule has 124 heavy (non-hydrogen) atoms. The minimum absolute atomic E-state index is 0.274. The molecule has 16 nitrogen and oxygen atoms in total. The van der Waals surface area contributed by atoms with Gasteiger partial charge in [0.1, 0.15) is 48.8 Å². The van der Waals surface area contributed by atoms with Crippen molar-refractivity contribution >= 4 is 22.1 Å². The maximum absolute atomic E-state index is 18.1. The second-order valence-electron chi connectivity index (χ2n) is 31.5. The highest BCUT2D eigenvalue weighted by molar-refractivity contribution is 5.94. The van der Waals surface area contributed by atoms with Gasteiger partial charge >= 0.3 is 0 Å². The standard InChI is InChI=1S/C88H60F20N6O10/c1-87(2)119-83-81(115-31-35-21-13-7-14-22-35)79(117-85(83)121-87)75-49-71-41(45-51(89)59(97)67(105)60(98)52(45)90)37-25-26-38(109-37)42(46-53(91)61(99)68(106)62(100)54(46)92)72-50-76(80-82(116-32-36-23-15-8-16-24-36)84-86(118-80)122-88(3,4)120-84)114(30-34-19-11-6-12-20-34)124-78(50)74(112-72)44(48-57(95)65(103)70(108)66(104)58(48)96)40-28-27-39(110-40)43(47-55(93)63(101)69(107)64(102)56(47)94)73(111-71)77(49)123-113(75)29-33-17-9-5-10-18-33/h5-28,49-50,75-86,109-110H,29-32H2,1-4H3/t49-,50+,75+,76-,77+,78-,79-,80-,81+,82+,83-,84-,85-,86-/m1/s1. The molecule has 36 heteroatoms. The van der Waals surface area contributed by atoms with Crippen LogP contribution in [0, 0.1) is 116 Å². The van der Waals surface area contributed by atoms with Crippen LogP contribution in [0.4, 0.5) is 87.8 Å². The van der Waals surface area contributed by atoms with Crippen LogP contribution in [-0.2, 0) is 73.9 Å². The summed E-state index contributed by atoms with van der Waals surface area (Å²) >= 11 is 0. The third kappa shape index (κ3) is 13.4. The first-order valence-electron chi connectivity index (χ1n) is 38.4. The summed E-state index contributed by atoms with van der Waals surface area (Å²) < 4.78 is 395. The number of aromatic nitrogens is 4. The van der Waals surface area contributed by atoms with Crippen LogP contribution in [0.2, 0.25) is 0 Å². The van der Waals surface area contributed by atoms with Gasteiger partial charge in [0.2, 0.25) is 23.3 Å². The molecule has 14 atom stereocenters. The number of fused-ring (bicyclic) bond motifs is 16. The quantitative estimate of drug-likeness (QED) is 0.0535. The Labute approximate surface area is 687 Å².